The van der Waals surface area contributed by atoms with Gasteiger partial charge in [0.15, 0.2) is 0 Å². The second kappa shape index (κ2) is 13.1. The van der Waals surface area contributed by atoms with Crippen molar-refractivity contribution in [1.82, 2.24) is 4.90 Å². The summed E-state index contributed by atoms with van der Waals surface area (Å²) in [6, 6.07) is 7.90. The Balaban J connectivity index is 0.000000309. The highest BCUT2D eigenvalue weighted by Crippen LogP contribution is 2.50. The molecule has 1 fully saturated rings. The van der Waals surface area contributed by atoms with Gasteiger partial charge in [-0.2, -0.15) is 0 Å². The van der Waals surface area contributed by atoms with Gasteiger partial charge >= 0.3 is 0 Å². The van der Waals surface area contributed by atoms with Crippen LogP contribution < -0.4 is 14.9 Å². The number of carboxylic acids is 1. The fraction of sp³-hybridized carbons (Fsp3) is 0.450. The van der Waals surface area contributed by atoms with Crippen molar-refractivity contribution < 1.29 is 34.9 Å². The van der Waals surface area contributed by atoms with Gasteiger partial charge in [0.2, 0.25) is 0 Å². The molecule has 1 saturated heterocycles. The van der Waals surface area contributed by atoms with E-state index in [4.69, 9.17) is 27.5 Å². The number of quaternary nitrogens is 1. The number of benzene rings is 1. The molecule has 0 aliphatic carbocycles. The molecule has 0 saturated carbocycles. The minimum atomic E-state index is -1.32. The highest BCUT2D eigenvalue weighted by Gasteiger charge is 2.38. The van der Waals surface area contributed by atoms with Crippen molar-refractivity contribution in [3.63, 3.8) is 0 Å². The Morgan fingerprint density at radius 3 is 2.19 bits per heavy atom. The number of thiocarbonyl (C=S) groups is 1. The number of hydrogen-bond acceptors (Lipinski definition) is 10. The number of thioether (sulfide) groups is 2. The zero-order valence-electron chi connectivity index (χ0n) is 17.7. The van der Waals surface area contributed by atoms with Crippen molar-refractivity contribution in [2.45, 2.75) is 11.8 Å². The van der Waals surface area contributed by atoms with Crippen LogP contribution in [0.4, 0.5) is 5.69 Å². The molecule has 0 unspecified atom stereocenters. The summed E-state index contributed by atoms with van der Waals surface area (Å²) < 4.78 is 0.254. The third-order valence-electron chi connectivity index (χ3n) is 4.65. The number of nitrogens with zero attached hydrogens (tertiary/aromatic N) is 2. The first-order valence-corrected chi connectivity index (χ1v) is 12.1. The molecular formula is C20H27N3O6S3. The average molecular weight is 502 g/mol. The highest BCUT2D eigenvalue weighted by molar-refractivity contribution is 8.27. The second-order valence-corrected chi connectivity index (χ2v) is 9.43. The Morgan fingerprint density at radius 1 is 1.06 bits per heavy atom. The number of fused-ring (bicyclic) bond motifs is 1. The maximum atomic E-state index is 12.5. The van der Waals surface area contributed by atoms with Crippen LogP contribution in [0.2, 0.25) is 0 Å². The fourth-order valence-electron chi connectivity index (χ4n) is 3.16. The first-order valence-electron chi connectivity index (χ1n) is 10.1. The molecule has 32 heavy (non-hydrogen) atoms. The Hall–Kier alpha value is -1.67. The summed E-state index contributed by atoms with van der Waals surface area (Å²) in [6.07, 6.45) is 0. The molecule has 9 nitrogen and oxygen atoms in total. The molecule has 0 aromatic heterocycles. The molecule has 0 atom stereocenters. The second-order valence-electron chi connectivity index (χ2n) is 6.75. The van der Waals surface area contributed by atoms with E-state index in [9.17, 15) is 14.7 Å². The predicted octanol–water partition coefficient (Wildman–Crippen LogP) is -1.75. The first-order chi connectivity index (χ1) is 15.4. The number of carbonyl (C=O) groups is 2. The molecule has 1 aromatic rings. The van der Waals surface area contributed by atoms with E-state index < -0.39 is 12.5 Å². The number of nitrogens with one attached hydrogen (secondary N) is 1. The largest absolute Gasteiger partial charge is 0.548 e. The van der Waals surface area contributed by atoms with Crippen LogP contribution in [0.5, 0.6) is 0 Å². The van der Waals surface area contributed by atoms with E-state index in [0.717, 1.165) is 37.2 Å². The van der Waals surface area contributed by atoms with Gasteiger partial charge in [-0.3, -0.25) is 9.69 Å². The maximum Gasteiger partial charge on any atom is 0.269 e. The normalized spacial score (nSPS) is 17.7. The minimum Gasteiger partial charge on any atom is -0.548 e. The molecule has 4 N–H and O–H groups in total. The van der Waals surface area contributed by atoms with Crippen molar-refractivity contribution in [2.75, 3.05) is 57.4 Å². The summed E-state index contributed by atoms with van der Waals surface area (Å²) in [6.45, 7) is 4.32. The minimum absolute atomic E-state index is 0.106. The Labute approximate surface area is 200 Å². The number of aliphatic carboxylic acids is 1. The first kappa shape index (κ1) is 26.6. The molecule has 2 heterocycles. The molecule has 0 radical (unpaired) electrons. The standard InChI is InChI=1S/C14H12N2O3S3.C6H15NO3/c1-2-15-8-5-3-4-6-9(8)21-13(15)11-12(19)16(7-10(17)18)14(20)22-11;8-4-1-7(2-5-9)3-6-10/h3-6H,2,7H2,1H3,(H,17,18);8-10H,1-6H2/b13-11-;. The van der Waals surface area contributed by atoms with Crippen LogP contribution in [0.25, 0.3) is 0 Å². The summed E-state index contributed by atoms with van der Waals surface area (Å²) in [5, 5.41) is 37.1. The van der Waals surface area contributed by atoms with Gasteiger partial charge in [0, 0.05) is 11.4 Å². The molecule has 2 aliphatic rings. The maximum absolute atomic E-state index is 12.5. The lowest BCUT2D eigenvalue weighted by molar-refractivity contribution is -0.901. The number of hydrogen-bond donors (Lipinski definition) is 4. The Bertz CT molecular complexity index is 852. The number of aliphatic hydroxyl groups excluding tert-OH is 3. The molecule has 1 amide bonds. The van der Waals surface area contributed by atoms with Gasteiger partial charge in [-0.05, 0) is 19.1 Å². The number of anilines is 1. The number of carboxylic acid groups (broad SMARTS) is 1. The third kappa shape index (κ3) is 6.67. The molecule has 1 aromatic carbocycles. The van der Waals surface area contributed by atoms with Crippen molar-refractivity contribution in [2.24, 2.45) is 0 Å². The zero-order chi connectivity index (χ0) is 23.7. The average Bonchev–Trinajstić information content (AvgIpc) is 3.26. The van der Waals surface area contributed by atoms with Gasteiger partial charge in [0.25, 0.3) is 5.91 Å². The number of para-hydroxylation sites is 1. The van der Waals surface area contributed by atoms with E-state index in [0.29, 0.717) is 31.1 Å². The summed E-state index contributed by atoms with van der Waals surface area (Å²) in [7, 11) is 0. The third-order valence-corrected chi connectivity index (χ3v) is 7.40. The number of aliphatic hydroxyl groups is 3. The van der Waals surface area contributed by atoms with Crippen molar-refractivity contribution >= 4 is 57.6 Å². The van der Waals surface area contributed by atoms with Gasteiger partial charge in [-0.15, -0.1) is 0 Å². The number of carbonyl (C=O) groups excluding carboxylic acids is 2. The lowest BCUT2D eigenvalue weighted by atomic mass is 10.3. The summed E-state index contributed by atoms with van der Waals surface area (Å²) in [5.74, 6) is -1.69. The van der Waals surface area contributed by atoms with Crippen LogP contribution in [-0.4, -0.2) is 89.0 Å². The molecule has 2 aliphatic heterocycles. The molecule has 3 rings (SSSR count). The van der Waals surface area contributed by atoms with Crippen LogP contribution in [0.15, 0.2) is 39.1 Å². The van der Waals surface area contributed by atoms with Gasteiger partial charge in [0.1, 0.15) is 33.9 Å². The monoisotopic (exact) mass is 501 g/mol. The van der Waals surface area contributed by atoms with E-state index in [1.165, 1.54) is 11.8 Å². The van der Waals surface area contributed by atoms with Crippen LogP contribution in [0, 0.1) is 0 Å². The van der Waals surface area contributed by atoms with Crippen molar-refractivity contribution in [3.8, 4) is 0 Å². The van der Waals surface area contributed by atoms with Crippen molar-refractivity contribution in [1.29, 1.82) is 0 Å². The van der Waals surface area contributed by atoms with Crippen molar-refractivity contribution in [3.05, 3.63) is 34.2 Å². The van der Waals surface area contributed by atoms with Gasteiger partial charge in [0.05, 0.1) is 38.0 Å². The lowest BCUT2D eigenvalue weighted by Crippen LogP contribution is -3.13. The van der Waals surface area contributed by atoms with Gasteiger partial charge < -0.3 is 35.0 Å². The Morgan fingerprint density at radius 2 is 1.66 bits per heavy atom. The fourth-order valence-corrected chi connectivity index (χ4v) is 5.79. The van der Waals surface area contributed by atoms with E-state index in [1.54, 1.807) is 0 Å². The van der Waals surface area contributed by atoms with E-state index >= 15 is 0 Å². The number of rotatable bonds is 9. The molecular weight excluding hydrogens is 474 g/mol. The summed E-state index contributed by atoms with van der Waals surface area (Å²) >= 11 is 7.78. The van der Waals surface area contributed by atoms with E-state index in [-0.39, 0.29) is 30.0 Å². The summed E-state index contributed by atoms with van der Waals surface area (Å²) in [4.78, 5) is 29.0. The van der Waals surface area contributed by atoms with E-state index in [1.807, 2.05) is 36.1 Å². The molecule has 12 heteroatoms. The Kier molecular flexibility index (Phi) is 10.9. The zero-order valence-corrected chi connectivity index (χ0v) is 20.1. The number of amides is 1. The van der Waals surface area contributed by atoms with Crippen LogP contribution in [0.3, 0.4) is 0 Å². The van der Waals surface area contributed by atoms with Gasteiger partial charge in [-0.25, -0.2) is 0 Å². The SMILES string of the molecule is CCN1/C(=C2/SC(=S)N(CC(=O)[O-])C2=O)Sc2ccccc21.OCC[NH+](CCO)CCO. The highest BCUT2D eigenvalue weighted by atomic mass is 32.2. The van der Waals surface area contributed by atoms with E-state index in [2.05, 4.69) is 0 Å². The molecule has 0 bridgehead atoms. The predicted molar refractivity (Wildman–Crippen MR) is 126 cm³/mol. The van der Waals surface area contributed by atoms with Crippen LogP contribution in [-0.2, 0) is 9.59 Å². The summed E-state index contributed by atoms with van der Waals surface area (Å²) in [5.41, 5.74) is 1.05. The molecule has 176 valence electrons. The topological polar surface area (TPSA) is 129 Å². The molecule has 0 spiro atoms. The van der Waals surface area contributed by atoms with Crippen LogP contribution >= 0.6 is 35.7 Å². The lowest BCUT2D eigenvalue weighted by Gasteiger charge is -2.19. The smallest absolute Gasteiger partial charge is 0.269 e. The quantitative estimate of drug-likeness (QED) is 0.228. The van der Waals surface area contributed by atoms with Crippen LogP contribution in [0.1, 0.15) is 6.92 Å². The van der Waals surface area contributed by atoms with Gasteiger partial charge in [-0.1, -0.05) is 47.9 Å².